The number of aliphatic imine (C=N–C) groups is 1. The van der Waals surface area contributed by atoms with Gasteiger partial charge in [0.1, 0.15) is 0 Å². The molecule has 1 aliphatic heterocycles. The molecule has 0 saturated carbocycles. The largest absolute Gasteiger partial charge is 0.266 e. The molecule has 0 radical (unpaired) electrons. The van der Waals surface area contributed by atoms with Crippen LogP contribution in [0.5, 0.6) is 0 Å². The van der Waals surface area contributed by atoms with E-state index in [1.54, 1.807) is 0 Å². The lowest BCUT2D eigenvalue weighted by Crippen LogP contribution is -2.09. The van der Waals surface area contributed by atoms with Gasteiger partial charge < -0.3 is 0 Å². The minimum atomic E-state index is 0.307. The minimum absolute atomic E-state index is 0.307. The van der Waals surface area contributed by atoms with Gasteiger partial charge in [-0.25, -0.2) is 0 Å². The molecule has 0 spiro atoms. The molecule has 10 heavy (non-hydrogen) atoms. The molecule has 0 atom stereocenters. The molecule has 0 saturated heterocycles. The van der Waals surface area contributed by atoms with Crippen molar-refractivity contribution in [3.05, 3.63) is 11.8 Å². The van der Waals surface area contributed by atoms with Crippen LogP contribution >= 0.6 is 0 Å². The maximum Gasteiger partial charge on any atom is 0.0268 e. The summed E-state index contributed by atoms with van der Waals surface area (Å²) >= 11 is 0. The molecule has 0 unspecified atom stereocenters. The van der Waals surface area contributed by atoms with Crippen LogP contribution < -0.4 is 0 Å². The zero-order valence-electron chi connectivity index (χ0n) is 7.23. The molecular weight excluding hydrogens is 122 g/mol. The van der Waals surface area contributed by atoms with E-state index in [2.05, 4.69) is 32.7 Å². The average Bonchev–Trinajstić information content (AvgIpc) is 2.11. The highest BCUT2D eigenvalue weighted by Gasteiger charge is 2.19. The van der Waals surface area contributed by atoms with E-state index in [0.717, 1.165) is 6.42 Å². The lowest BCUT2D eigenvalue weighted by atomic mass is 9.85. The summed E-state index contributed by atoms with van der Waals surface area (Å²) < 4.78 is 0. The third-order valence-corrected chi connectivity index (χ3v) is 1.85. The highest BCUT2D eigenvalue weighted by molar-refractivity contribution is 5.87. The summed E-state index contributed by atoms with van der Waals surface area (Å²) in [6.45, 7) is 8.77. The topological polar surface area (TPSA) is 12.4 Å². The Morgan fingerprint density at radius 3 is 2.20 bits per heavy atom. The van der Waals surface area contributed by atoms with E-state index >= 15 is 0 Å². The van der Waals surface area contributed by atoms with E-state index in [-0.39, 0.29) is 0 Å². The summed E-state index contributed by atoms with van der Waals surface area (Å²) in [5, 5.41) is 0. The first-order chi connectivity index (χ1) is 4.50. The van der Waals surface area contributed by atoms with Crippen LogP contribution in [0, 0.1) is 5.41 Å². The summed E-state index contributed by atoms with van der Waals surface area (Å²) in [7, 11) is 0. The molecule has 0 amide bonds. The maximum absolute atomic E-state index is 4.24. The van der Waals surface area contributed by atoms with Crippen molar-refractivity contribution in [1.29, 1.82) is 0 Å². The van der Waals surface area contributed by atoms with Crippen LogP contribution in [0.3, 0.4) is 0 Å². The van der Waals surface area contributed by atoms with Gasteiger partial charge in [0.05, 0.1) is 0 Å². The Hall–Kier alpha value is -0.590. The number of allylic oxidation sites excluding steroid dienone is 1. The Balaban J connectivity index is 2.66. The van der Waals surface area contributed by atoms with Gasteiger partial charge in [-0.05, 0) is 17.9 Å². The molecule has 1 aliphatic rings. The predicted octanol–water partition coefficient (Wildman–Crippen LogP) is 2.78. The first kappa shape index (κ1) is 7.52. The Labute approximate surface area is 62.9 Å². The van der Waals surface area contributed by atoms with Gasteiger partial charge in [-0.2, -0.15) is 0 Å². The molecule has 0 N–H and O–H groups in total. The first-order valence-corrected chi connectivity index (χ1v) is 3.73. The van der Waals surface area contributed by atoms with Crippen molar-refractivity contribution in [2.75, 3.05) is 0 Å². The van der Waals surface area contributed by atoms with E-state index in [1.807, 2.05) is 6.20 Å². The second kappa shape index (κ2) is 2.22. The van der Waals surface area contributed by atoms with E-state index in [9.17, 15) is 0 Å². The Bertz CT molecular complexity index is 191. The highest BCUT2D eigenvalue weighted by atomic mass is 14.7. The molecule has 0 aromatic rings. The first-order valence-electron chi connectivity index (χ1n) is 3.73. The number of rotatable bonds is 0. The van der Waals surface area contributed by atoms with Crippen LogP contribution in [0.15, 0.2) is 16.8 Å². The van der Waals surface area contributed by atoms with Crippen molar-refractivity contribution in [3.63, 3.8) is 0 Å². The van der Waals surface area contributed by atoms with Gasteiger partial charge in [-0.15, -0.1) is 0 Å². The fourth-order valence-electron chi connectivity index (χ4n) is 1.01. The average molecular weight is 137 g/mol. The summed E-state index contributed by atoms with van der Waals surface area (Å²) in [6, 6.07) is 0. The lowest BCUT2D eigenvalue weighted by Gasteiger charge is -2.19. The van der Waals surface area contributed by atoms with Crippen molar-refractivity contribution >= 4 is 5.71 Å². The molecule has 56 valence electrons. The van der Waals surface area contributed by atoms with Crippen LogP contribution in [0.25, 0.3) is 0 Å². The molecule has 0 fully saturated rings. The molecular formula is C9H15N. The van der Waals surface area contributed by atoms with Crippen molar-refractivity contribution in [2.45, 2.75) is 34.1 Å². The third kappa shape index (κ3) is 1.47. The van der Waals surface area contributed by atoms with Crippen molar-refractivity contribution in [3.8, 4) is 0 Å². The van der Waals surface area contributed by atoms with Gasteiger partial charge in [0, 0.05) is 18.3 Å². The van der Waals surface area contributed by atoms with E-state index < -0.39 is 0 Å². The van der Waals surface area contributed by atoms with Crippen LogP contribution in [-0.2, 0) is 0 Å². The van der Waals surface area contributed by atoms with Crippen molar-refractivity contribution in [1.82, 2.24) is 0 Å². The van der Waals surface area contributed by atoms with Gasteiger partial charge in [0.15, 0.2) is 0 Å². The predicted molar refractivity (Wildman–Crippen MR) is 45.3 cm³/mol. The van der Waals surface area contributed by atoms with Crippen molar-refractivity contribution in [2.24, 2.45) is 10.4 Å². The molecule has 0 aliphatic carbocycles. The maximum atomic E-state index is 4.24. The van der Waals surface area contributed by atoms with E-state index in [0.29, 0.717) is 5.41 Å². The van der Waals surface area contributed by atoms with Crippen LogP contribution in [0.2, 0.25) is 0 Å². The smallest absolute Gasteiger partial charge is 0.0268 e. The molecule has 0 bridgehead atoms. The molecule has 1 rings (SSSR count). The number of hydrogen-bond acceptors (Lipinski definition) is 1. The fraction of sp³-hybridized carbons (Fsp3) is 0.667. The second-order valence-corrected chi connectivity index (χ2v) is 3.95. The Morgan fingerprint density at radius 1 is 1.40 bits per heavy atom. The molecule has 0 aromatic heterocycles. The summed E-state index contributed by atoms with van der Waals surface area (Å²) in [5.74, 6) is 0. The van der Waals surface area contributed by atoms with Crippen molar-refractivity contribution < 1.29 is 0 Å². The van der Waals surface area contributed by atoms with E-state index in [1.165, 1.54) is 11.3 Å². The van der Waals surface area contributed by atoms with E-state index in [4.69, 9.17) is 0 Å². The molecule has 0 aromatic carbocycles. The third-order valence-electron chi connectivity index (χ3n) is 1.85. The van der Waals surface area contributed by atoms with Gasteiger partial charge in [-0.1, -0.05) is 20.8 Å². The monoisotopic (exact) mass is 137 g/mol. The standard InChI is InChI=1S/C9H15N/c1-7-5-8(6-10-7)9(2,3)4/h6H,5H2,1-4H3. The van der Waals surface area contributed by atoms with Gasteiger partial charge in [0.25, 0.3) is 0 Å². The molecule has 1 heteroatoms. The number of hydrogen-bond donors (Lipinski definition) is 0. The highest BCUT2D eigenvalue weighted by Crippen LogP contribution is 2.30. The zero-order valence-corrected chi connectivity index (χ0v) is 7.23. The van der Waals surface area contributed by atoms with Gasteiger partial charge in [-0.3, -0.25) is 4.99 Å². The van der Waals surface area contributed by atoms with Crippen LogP contribution in [-0.4, -0.2) is 5.71 Å². The molecule has 1 heterocycles. The van der Waals surface area contributed by atoms with Gasteiger partial charge in [0.2, 0.25) is 0 Å². The molecule has 1 nitrogen and oxygen atoms in total. The minimum Gasteiger partial charge on any atom is -0.266 e. The summed E-state index contributed by atoms with van der Waals surface area (Å²) in [5.41, 5.74) is 3.00. The SMILES string of the molecule is CC1=NC=C(C(C)(C)C)C1. The summed E-state index contributed by atoms with van der Waals surface area (Å²) in [6.07, 6.45) is 3.08. The van der Waals surface area contributed by atoms with Crippen LogP contribution in [0.1, 0.15) is 34.1 Å². The quantitative estimate of drug-likeness (QED) is 0.487. The normalized spacial score (nSPS) is 18.8. The fourth-order valence-corrected chi connectivity index (χ4v) is 1.01. The second-order valence-electron chi connectivity index (χ2n) is 3.95. The lowest BCUT2D eigenvalue weighted by molar-refractivity contribution is 0.498. The number of nitrogens with zero attached hydrogens (tertiary/aromatic N) is 1. The summed E-state index contributed by atoms with van der Waals surface area (Å²) in [4.78, 5) is 4.24. The zero-order chi connectivity index (χ0) is 7.78. The Kier molecular flexibility index (Phi) is 1.67. The van der Waals surface area contributed by atoms with Gasteiger partial charge >= 0.3 is 0 Å². The van der Waals surface area contributed by atoms with Crippen LogP contribution in [0.4, 0.5) is 0 Å². The Morgan fingerprint density at radius 2 is 2.00 bits per heavy atom.